The number of aromatic nitrogens is 3. The van der Waals surface area contributed by atoms with Crippen molar-refractivity contribution in [2.24, 2.45) is 0 Å². The van der Waals surface area contributed by atoms with Crippen molar-refractivity contribution in [1.82, 2.24) is 15.0 Å². The first-order valence-electron chi connectivity index (χ1n) is 8.73. The molecule has 5 aromatic rings. The number of pyridine rings is 1. The summed E-state index contributed by atoms with van der Waals surface area (Å²) in [5, 5.41) is 5.59. The highest BCUT2D eigenvalue weighted by atomic mass is 35.5. The first-order chi connectivity index (χ1) is 13.7. The fourth-order valence-corrected chi connectivity index (χ4v) is 3.53. The topological polar surface area (TPSA) is 53.6 Å². The highest BCUT2D eigenvalue weighted by molar-refractivity contribution is 6.42. The minimum absolute atomic E-state index is 0.506. The normalized spacial score (nSPS) is 11.2. The molecule has 0 aliphatic rings. The highest BCUT2D eigenvalue weighted by Crippen LogP contribution is 2.30. The van der Waals surface area contributed by atoms with E-state index in [-0.39, 0.29) is 0 Å². The maximum Gasteiger partial charge on any atom is 0.138 e. The van der Waals surface area contributed by atoms with Crippen molar-refractivity contribution in [1.29, 1.82) is 0 Å². The van der Waals surface area contributed by atoms with Crippen LogP contribution >= 0.6 is 23.2 Å². The van der Waals surface area contributed by atoms with Gasteiger partial charge in [0.15, 0.2) is 0 Å². The van der Waals surface area contributed by atoms with Gasteiger partial charge in [-0.15, -0.1) is 0 Å². The Morgan fingerprint density at radius 1 is 0.821 bits per heavy atom. The molecule has 0 amide bonds. The molecule has 0 aliphatic heterocycles. The summed E-state index contributed by atoms with van der Waals surface area (Å²) in [5.74, 6) is 0.750. The maximum atomic E-state index is 6.14. The zero-order valence-corrected chi connectivity index (χ0v) is 16.1. The smallest absolute Gasteiger partial charge is 0.138 e. The fraction of sp³-hybridized carbons (Fsp3) is 0. The van der Waals surface area contributed by atoms with Crippen LogP contribution in [0.5, 0.6) is 0 Å². The lowest BCUT2D eigenvalue weighted by molar-refractivity contribution is 1.34. The molecule has 0 unspecified atom stereocenters. The molecule has 136 valence electrons. The lowest BCUT2D eigenvalue weighted by atomic mass is 10.2. The van der Waals surface area contributed by atoms with E-state index in [4.69, 9.17) is 23.2 Å². The molecular weight excluding hydrogens is 391 g/mol. The Morgan fingerprint density at radius 2 is 1.71 bits per heavy atom. The van der Waals surface area contributed by atoms with Crippen molar-refractivity contribution in [3.63, 3.8) is 0 Å². The Bertz CT molecular complexity index is 1320. The Balaban J connectivity index is 1.52. The average molecular weight is 405 g/mol. The van der Waals surface area contributed by atoms with Crippen LogP contribution in [0.4, 0.5) is 11.4 Å². The molecule has 3 aromatic carbocycles. The summed E-state index contributed by atoms with van der Waals surface area (Å²) >= 11 is 12.1. The van der Waals surface area contributed by atoms with Gasteiger partial charge in [-0.1, -0.05) is 41.4 Å². The molecule has 5 rings (SSSR count). The number of para-hydroxylation sites is 1. The summed E-state index contributed by atoms with van der Waals surface area (Å²) in [5.41, 5.74) is 5.63. The van der Waals surface area contributed by atoms with Crippen LogP contribution in [-0.4, -0.2) is 15.0 Å². The lowest BCUT2D eigenvalue weighted by Crippen LogP contribution is -1.92. The Hall–Kier alpha value is -3.08. The largest absolute Gasteiger partial charge is 0.355 e. The van der Waals surface area contributed by atoms with Crippen molar-refractivity contribution < 1.29 is 0 Å². The Labute approximate surface area is 171 Å². The predicted octanol–water partition coefficient (Wildman–Crippen LogP) is 6.83. The molecule has 0 spiro atoms. The number of aromatic amines is 1. The van der Waals surface area contributed by atoms with Crippen molar-refractivity contribution in [3.05, 3.63) is 83.0 Å². The molecule has 0 saturated heterocycles. The zero-order valence-electron chi connectivity index (χ0n) is 14.6. The van der Waals surface area contributed by atoms with Gasteiger partial charge in [-0.05, 0) is 48.5 Å². The number of fused-ring (bicyclic) bond motifs is 2. The molecule has 0 fully saturated rings. The van der Waals surface area contributed by atoms with E-state index in [2.05, 4.69) is 26.3 Å². The molecule has 2 heterocycles. The fourth-order valence-electron chi connectivity index (χ4n) is 3.23. The van der Waals surface area contributed by atoms with Crippen LogP contribution in [0.1, 0.15) is 0 Å². The Morgan fingerprint density at radius 3 is 2.61 bits per heavy atom. The summed E-state index contributed by atoms with van der Waals surface area (Å²) in [6.45, 7) is 0. The third-order valence-corrected chi connectivity index (χ3v) is 5.34. The van der Waals surface area contributed by atoms with E-state index in [0.29, 0.717) is 10.0 Å². The summed E-state index contributed by atoms with van der Waals surface area (Å²) < 4.78 is 0. The molecule has 28 heavy (non-hydrogen) atoms. The number of hydrogen-bond donors (Lipinski definition) is 2. The van der Waals surface area contributed by atoms with Gasteiger partial charge < -0.3 is 10.3 Å². The third-order valence-electron chi connectivity index (χ3n) is 4.60. The van der Waals surface area contributed by atoms with Crippen molar-refractivity contribution in [3.8, 4) is 11.4 Å². The molecule has 4 nitrogen and oxygen atoms in total. The molecule has 0 radical (unpaired) electrons. The van der Waals surface area contributed by atoms with Gasteiger partial charge in [-0.3, -0.25) is 4.98 Å². The first-order valence-corrected chi connectivity index (χ1v) is 9.49. The van der Waals surface area contributed by atoms with Crippen molar-refractivity contribution in [2.45, 2.75) is 0 Å². The molecule has 6 heteroatoms. The SMILES string of the molecule is Clc1ccc(-c2nc3ccc(Nc4ccnc5ccccc45)cc3[nH]2)cc1Cl. The van der Waals surface area contributed by atoms with E-state index in [0.717, 1.165) is 44.7 Å². The molecule has 0 atom stereocenters. The number of imidazole rings is 1. The second kappa shape index (κ2) is 6.82. The van der Waals surface area contributed by atoms with Gasteiger partial charge in [0.25, 0.3) is 0 Å². The van der Waals surface area contributed by atoms with E-state index in [1.165, 1.54) is 0 Å². The number of nitrogens with zero attached hydrogens (tertiary/aromatic N) is 2. The number of nitrogens with one attached hydrogen (secondary N) is 2. The van der Waals surface area contributed by atoms with Crippen LogP contribution in [0.15, 0.2) is 72.9 Å². The first kappa shape index (κ1) is 17.0. The van der Waals surface area contributed by atoms with Crippen LogP contribution in [0, 0.1) is 0 Å². The number of halogens is 2. The second-order valence-corrected chi connectivity index (χ2v) is 7.26. The summed E-state index contributed by atoms with van der Waals surface area (Å²) in [6, 6.07) is 21.5. The van der Waals surface area contributed by atoms with Crippen LogP contribution in [0.25, 0.3) is 33.3 Å². The van der Waals surface area contributed by atoms with Crippen LogP contribution in [0.2, 0.25) is 10.0 Å². The van der Waals surface area contributed by atoms with Gasteiger partial charge in [0.2, 0.25) is 0 Å². The molecule has 0 bridgehead atoms. The van der Waals surface area contributed by atoms with E-state index < -0.39 is 0 Å². The summed E-state index contributed by atoms with van der Waals surface area (Å²) in [7, 11) is 0. The van der Waals surface area contributed by atoms with Gasteiger partial charge in [0.05, 0.1) is 26.6 Å². The van der Waals surface area contributed by atoms with Gasteiger partial charge in [0, 0.05) is 28.5 Å². The number of benzene rings is 3. The van der Waals surface area contributed by atoms with E-state index >= 15 is 0 Å². The monoisotopic (exact) mass is 404 g/mol. The lowest BCUT2D eigenvalue weighted by Gasteiger charge is -2.09. The molecular formula is C22H14Cl2N4. The molecule has 0 aliphatic carbocycles. The van der Waals surface area contributed by atoms with Crippen LogP contribution in [0.3, 0.4) is 0 Å². The minimum Gasteiger partial charge on any atom is -0.355 e. The van der Waals surface area contributed by atoms with E-state index in [1.54, 1.807) is 6.07 Å². The van der Waals surface area contributed by atoms with Gasteiger partial charge in [0.1, 0.15) is 5.82 Å². The van der Waals surface area contributed by atoms with Crippen molar-refractivity contribution >= 4 is 56.5 Å². The average Bonchev–Trinajstić information content (AvgIpc) is 3.14. The van der Waals surface area contributed by atoms with E-state index in [9.17, 15) is 0 Å². The minimum atomic E-state index is 0.506. The third kappa shape index (κ3) is 3.07. The standard InChI is InChI=1S/C22H14Cl2N4/c23-16-7-5-13(11-17(16)24)22-27-20-8-6-14(12-21(20)28-22)26-19-9-10-25-18-4-2-1-3-15(18)19/h1-12H,(H,25,26)(H,27,28). The number of anilines is 2. The van der Waals surface area contributed by atoms with Gasteiger partial charge in [-0.25, -0.2) is 4.98 Å². The van der Waals surface area contributed by atoms with Crippen LogP contribution in [-0.2, 0) is 0 Å². The van der Waals surface area contributed by atoms with Crippen LogP contribution < -0.4 is 5.32 Å². The number of rotatable bonds is 3. The van der Waals surface area contributed by atoms with Gasteiger partial charge >= 0.3 is 0 Å². The molecule has 0 saturated carbocycles. The highest BCUT2D eigenvalue weighted by Gasteiger charge is 2.09. The Kier molecular flexibility index (Phi) is 4.15. The molecule has 2 aromatic heterocycles. The van der Waals surface area contributed by atoms with E-state index in [1.807, 2.05) is 60.8 Å². The van der Waals surface area contributed by atoms with Gasteiger partial charge in [-0.2, -0.15) is 0 Å². The number of hydrogen-bond acceptors (Lipinski definition) is 3. The van der Waals surface area contributed by atoms with Crippen molar-refractivity contribution in [2.75, 3.05) is 5.32 Å². The molecule has 2 N–H and O–H groups in total. The summed E-state index contributed by atoms with van der Waals surface area (Å²) in [4.78, 5) is 12.4. The second-order valence-electron chi connectivity index (χ2n) is 6.45. The number of H-pyrrole nitrogens is 1. The predicted molar refractivity (Wildman–Crippen MR) is 117 cm³/mol. The quantitative estimate of drug-likeness (QED) is 0.346. The zero-order chi connectivity index (χ0) is 19.1. The summed E-state index contributed by atoms with van der Waals surface area (Å²) in [6.07, 6.45) is 1.81. The maximum absolute atomic E-state index is 6.14.